The first kappa shape index (κ1) is 19.5. The van der Waals surface area contributed by atoms with E-state index < -0.39 is 17.6 Å². The Morgan fingerprint density at radius 1 is 1.16 bits per heavy atom. The standard InChI is InChI=1S/C22H20F2N6O/c1-13(21-15(23)11-16-14(22(21)24)3-2-7-26-16)17-12-27-18-4-5-19(28-30(17)18)29-10-9-25-8-6-20(29)31/h2-5,7,11-13,25H,6,8-10H2,1H3. The minimum Gasteiger partial charge on any atom is -0.314 e. The zero-order valence-corrected chi connectivity index (χ0v) is 16.8. The lowest BCUT2D eigenvalue weighted by molar-refractivity contribution is -0.118. The lowest BCUT2D eigenvalue weighted by Gasteiger charge is -2.20. The van der Waals surface area contributed by atoms with Crippen molar-refractivity contribution in [2.45, 2.75) is 19.3 Å². The third-order valence-electron chi connectivity index (χ3n) is 5.69. The van der Waals surface area contributed by atoms with Crippen LogP contribution < -0.4 is 10.2 Å². The molecule has 0 radical (unpaired) electrons. The third kappa shape index (κ3) is 3.31. The van der Waals surface area contributed by atoms with Crippen LogP contribution in [0.1, 0.15) is 30.5 Å². The summed E-state index contributed by atoms with van der Waals surface area (Å²) in [5.41, 5.74) is 1.26. The molecule has 1 unspecified atom stereocenters. The van der Waals surface area contributed by atoms with E-state index in [1.54, 1.807) is 46.8 Å². The zero-order chi connectivity index (χ0) is 21.5. The molecule has 1 N–H and O–H groups in total. The van der Waals surface area contributed by atoms with E-state index in [0.717, 1.165) is 0 Å². The van der Waals surface area contributed by atoms with Crippen LogP contribution in [-0.4, -0.2) is 45.1 Å². The monoisotopic (exact) mass is 422 g/mol. The molecule has 0 aliphatic carbocycles. The van der Waals surface area contributed by atoms with Gasteiger partial charge in [-0.1, -0.05) is 6.92 Å². The smallest absolute Gasteiger partial charge is 0.229 e. The summed E-state index contributed by atoms with van der Waals surface area (Å²) >= 11 is 0. The second-order valence-electron chi connectivity index (χ2n) is 7.57. The summed E-state index contributed by atoms with van der Waals surface area (Å²) in [5.74, 6) is -1.52. The molecule has 9 heteroatoms. The van der Waals surface area contributed by atoms with E-state index in [2.05, 4.69) is 20.4 Å². The molecule has 5 rings (SSSR count). The molecular formula is C22H20F2N6O. The summed E-state index contributed by atoms with van der Waals surface area (Å²) in [5, 5.41) is 8.04. The number of nitrogens with one attached hydrogen (secondary N) is 1. The number of benzene rings is 1. The van der Waals surface area contributed by atoms with Gasteiger partial charge in [0.15, 0.2) is 11.5 Å². The van der Waals surface area contributed by atoms with Gasteiger partial charge < -0.3 is 5.32 Å². The van der Waals surface area contributed by atoms with Crippen molar-refractivity contribution in [1.29, 1.82) is 0 Å². The van der Waals surface area contributed by atoms with E-state index in [-0.39, 0.29) is 22.4 Å². The molecule has 1 aromatic carbocycles. The maximum Gasteiger partial charge on any atom is 0.229 e. The second kappa shape index (κ2) is 7.66. The molecule has 0 spiro atoms. The number of rotatable bonds is 3. The van der Waals surface area contributed by atoms with Crippen LogP contribution in [0.4, 0.5) is 14.6 Å². The summed E-state index contributed by atoms with van der Waals surface area (Å²) in [6, 6.07) is 7.93. The van der Waals surface area contributed by atoms with Crippen molar-refractivity contribution in [3.05, 3.63) is 65.6 Å². The Morgan fingerprint density at radius 2 is 2.03 bits per heavy atom. The number of hydrogen-bond donors (Lipinski definition) is 1. The van der Waals surface area contributed by atoms with E-state index in [1.807, 2.05) is 0 Å². The molecule has 158 valence electrons. The Kier molecular flexibility index (Phi) is 4.82. The van der Waals surface area contributed by atoms with Crippen molar-refractivity contribution in [2.75, 3.05) is 24.5 Å². The van der Waals surface area contributed by atoms with Gasteiger partial charge in [0, 0.05) is 55.2 Å². The maximum atomic E-state index is 15.2. The highest BCUT2D eigenvalue weighted by molar-refractivity contribution is 5.92. The van der Waals surface area contributed by atoms with Crippen molar-refractivity contribution in [2.24, 2.45) is 0 Å². The number of nitrogens with zero attached hydrogens (tertiary/aromatic N) is 5. The van der Waals surface area contributed by atoms with Crippen molar-refractivity contribution in [3.8, 4) is 0 Å². The first-order chi connectivity index (χ1) is 15.0. The maximum absolute atomic E-state index is 15.2. The van der Waals surface area contributed by atoms with Gasteiger partial charge in [0.2, 0.25) is 5.91 Å². The molecule has 0 saturated carbocycles. The SMILES string of the molecule is CC(c1c(F)cc2ncccc2c1F)c1cnc2ccc(N3CCNCCC3=O)nn12. The van der Waals surface area contributed by atoms with Crippen molar-refractivity contribution < 1.29 is 13.6 Å². The molecule has 4 aromatic rings. The van der Waals surface area contributed by atoms with Crippen LogP contribution in [0, 0.1) is 11.6 Å². The highest BCUT2D eigenvalue weighted by atomic mass is 19.1. The number of carbonyl (C=O) groups excluding carboxylic acids is 1. The first-order valence-electron chi connectivity index (χ1n) is 10.1. The number of imidazole rings is 1. The lowest BCUT2D eigenvalue weighted by Crippen LogP contribution is -2.33. The normalized spacial score (nSPS) is 16.1. The van der Waals surface area contributed by atoms with Gasteiger partial charge >= 0.3 is 0 Å². The summed E-state index contributed by atoms with van der Waals surface area (Å²) < 4.78 is 31.7. The van der Waals surface area contributed by atoms with Gasteiger partial charge in [-0.2, -0.15) is 0 Å². The highest BCUT2D eigenvalue weighted by Gasteiger charge is 2.25. The van der Waals surface area contributed by atoms with Crippen LogP contribution >= 0.6 is 0 Å². The number of amides is 1. The Labute approximate surface area is 176 Å². The molecule has 31 heavy (non-hydrogen) atoms. The van der Waals surface area contributed by atoms with Crippen molar-refractivity contribution >= 4 is 28.3 Å². The van der Waals surface area contributed by atoms with Crippen LogP contribution in [-0.2, 0) is 4.79 Å². The van der Waals surface area contributed by atoms with Gasteiger partial charge in [-0.15, -0.1) is 5.10 Å². The van der Waals surface area contributed by atoms with Crippen molar-refractivity contribution in [3.63, 3.8) is 0 Å². The molecule has 1 amide bonds. The Bertz CT molecular complexity index is 1300. The average Bonchev–Trinajstić information content (AvgIpc) is 3.07. The fourth-order valence-electron chi connectivity index (χ4n) is 4.04. The summed E-state index contributed by atoms with van der Waals surface area (Å²) in [4.78, 5) is 22.5. The first-order valence-corrected chi connectivity index (χ1v) is 10.1. The minimum absolute atomic E-state index is 0.0225. The number of fused-ring (bicyclic) bond motifs is 2. The molecule has 1 aliphatic rings. The van der Waals surface area contributed by atoms with E-state index >= 15 is 4.39 Å². The number of aromatic nitrogens is 4. The van der Waals surface area contributed by atoms with Gasteiger partial charge in [0.1, 0.15) is 11.6 Å². The van der Waals surface area contributed by atoms with E-state index in [0.29, 0.717) is 43.2 Å². The zero-order valence-electron chi connectivity index (χ0n) is 16.8. The van der Waals surface area contributed by atoms with E-state index in [9.17, 15) is 9.18 Å². The minimum atomic E-state index is -0.670. The molecule has 1 atom stereocenters. The lowest BCUT2D eigenvalue weighted by atomic mass is 9.95. The quantitative estimate of drug-likeness (QED) is 0.549. The third-order valence-corrected chi connectivity index (χ3v) is 5.69. The van der Waals surface area contributed by atoms with Crippen LogP contribution in [0.25, 0.3) is 16.6 Å². The van der Waals surface area contributed by atoms with Gasteiger partial charge in [0.25, 0.3) is 0 Å². The fraction of sp³-hybridized carbons (Fsp3) is 0.273. The predicted octanol–water partition coefficient (Wildman–Crippen LogP) is 3.03. The number of carbonyl (C=O) groups is 1. The summed E-state index contributed by atoms with van der Waals surface area (Å²) in [6.45, 7) is 3.50. The van der Waals surface area contributed by atoms with E-state index in [4.69, 9.17) is 0 Å². The van der Waals surface area contributed by atoms with Crippen LogP contribution in [0.15, 0.2) is 42.7 Å². The number of hydrogen-bond acceptors (Lipinski definition) is 5. The largest absolute Gasteiger partial charge is 0.314 e. The molecule has 0 bridgehead atoms. The molecule has 1 aliphatic heterocycles. The topological polar surface area (TPSA) is 75.4 Å². The van der Waals surface area contributed by atoms with Crippen LogP contribution in [0.2, 0.25) is 0 Å². The Morgan fingerprint density at radius 3 is 2.90 bits per heavy atom. The molecule has 4 heterocycles. The number of halogens is 2. The van der Waals surface area contributed by atoms with Crippen LogP contribution in [0.3, 0.4) is 0 Å². The Balaban J connectivity index is 1.61. The number of anilines is 1. The van der Waals surface area contributed by atoms with Gasteiger partial charge in [-0.25, -0.2) is 18.3 Å². The van der Waals surface area contributed by atoms with Gasteiger partial charge in [-0.05, 0) is 24.3 Å². The van der Waals surface area contributed by atoms with Gasteiger partial charge in [-0.3, -0.25) is 14.7 Å². The van der Waals surface area contributed by atoms with Crippen molar-refractivity contribution in [1.82, 2.24) is 24.9 Å². The van der Waals surface area contributed by atoms with Crippen LogP contribution in [0.5, 0.6) is 0 Å². The molecule has 1 fully saturated rings. The molecular weight excluding hydrogens is 402 g/mol. The summed E-state index contributed by atoms with van der Waals surface area (Å²) in [7, 11) is 0. The average molecular weight is 422 g/mol. The van der Waals surface area contributed by atoms with E-state index in [1.165, 1.54) is 12.3 Å². The highest BCUT2D eigenvalue weighted by Crippen LogP contribution is 2.33. The Hall–Kier alpha value is -3.46. The molecule has 3 aromatic heterocycles. The molecule has 7 nitrogen and oxygen atoms in total. The fourth-order valence-corrected chi connectivity index (χ4v) is 4.04. The molecule has 1 saturated heterocycles. The second-order valence-corrected chi connectivity index (χ2v) is 7.57. The predicted molar refractivity (Wildman–Crippen MR) is 112 cm³/mol. The number of pyridine rings is 1. The van der Waals surface area contributed by atoms with Gasteiger partial charge in [0.05, 0.1) is 17.4 Å². The summed E-state index contributed by atoms with van der Waals surface area (Å²) in [6.07, 6.45) is 3.45.